The molecule has 4 heteroatoms. The zero-order valence-corrected chi connectivity index (χ0v) is 13.6. The van der Waals surface area contributed by atoms with E-state index in [0.29, 0.717) is 5.75 Å². The number of aliphatic hydroxyl groups is 1. The van der Waals surface area contributed by atoms with E-state index in [0.717, 1.165) is 12.0 Å². The third kappa shape index (κ3) is 5.11. The van der Waals surface area contributed by atoms with E-state index in [2.05, 4.69) is 12.2 Å². The van der Waals surface area contributed by atoms with Gasteiger partial charge in [-0.2, -0.15) is 0 Å². The molecule has 1 atom stereocenters. The molecule has 0 saturated heterocycles. The van der Waals surface area contributed by atoms with E-state index in [1.54, 1.807) is 6.92 Å². The van der Waals surface area contributed by atoms with Crippen LogP contribution < -0.4 is 10.1 Å². The molecule has 23 heavy (non-hydrogen) atoms. The number of nitrogens with one attached hydrogen (secondary N) is 1. The Balaban J connectivity index is 1.80. The number of rotatable bonds is 7. The fourth-order valence-electron chi connectivity index (χ4n) is 2.19. The van der Waals surface area contributed by atoms with Crippen molar-refractivity contribution in [3.8, 4) is 5.75 Å². The maximum absolute atomic E-state index is 11.9. The Morgan fingerprint density at radius 1 is 1.13 bits per heavy atom. The molecule has 0 aliphatic carbocycles. The molecule has 1 unspecified atom stereocenters. The predicted molar refractivity (Wildman–Crippen MR) is 90.3 cm³/mol. The summed E-state index contributed by atoms with van der Waals surface area (Å²) in [6.07, 6.45) is 0.968. The number of benzene rings is 2. The van der Waals surface area contributed by atoms with Gasteiger partial charge in [-0.25, -0.2) is 0 Å². The summed E-state index contributed by atoms with van der Waals surface area (Å²) in [4.78, 5) is 11.9. The van der Waals surface area contributed by atoms with Gasteiger partial charge in [-0.3, -0.25) is 4.79 Å². The first kappa shape index (κ1) is 17.0. The zero-order chi connectivity index (χ0) is 16.7. The second-order valence-corrected chi connectivity index (χ2v) is 5.70. The number of hydrogen-bond acceptors (Lipinski definition) is 3. The van der Waals surface area contributed by atoms with Crippen LogP contribution in [0, 0.1) is 0 Å². The number of hydrogen-bond donors (Lipinski definition) is 2. The van der Waals surface area contributed by atoms with E-state index in [1.807, 2.05) is 54.6 Å². The summed E-state index contributed by atoms with van der Waals surface area (Å²) in [5.74, 6) is 0.396. The molecule has 0 saturated carbocycles. The van der Waals surface area contributed by atoms with Gasteiger partial charge in [-0.1, -0.05) is 49.4 Å². The number of amides is 1. The Hall–Kier alpha value is -2.33. The van der Waals surface area contributed by atoms with Crippen molar-refractivity contribution < 1.29 is 14.6 Å². The monoisotopic (exact) mass is 313 g/mol. The molecular weight excluding hydrogens is 290 g/mol. The molecule has 2 N–H and O–H groups in total. The van der Waals surface area contributed by atoms with Crippen molar-refractivity contribution in [2.45, 2.75) is 25.9 Å². The summed E-state index contributed by atoms with van der Waals surface area (Å²) in [6, 6.07) is 16.9. The fourth-order valence-corrected chi connectivity index (χ4v) is 2.19. The van der Waals surface area contributed by atoms with Crippen LogP contribution in [-0.4, -0.2) is 24.2 Å². The highest BCUT2D eigenvalue weighted by Crippen LogP contribution is 2.19. The first-order chi connectivity index (χ1) is 11.0. The maximum atomic E-state index is 11.9. The largest absolute Gasteiger partial charge is 0.484 e. The SMILES string of the molecule is CCc1ccc(OCC(=O)NCC(C)(O)c2ccccc2)cc1. The molecule has 0 bridgehead atoms. The molecule has 0 heterocycles. The van der Waals surface area contributed by atoms with Crippen LogP contribution in [-0.2, 0) is 16.8 Å². The summed E-state index contributed by atoms with van der Waals surface area (Å²) >= 11 is 0. The normalized spacial score (nSPS) is 13.2. The average Bonchev–Trinajstić information content (AvgIpc) is 2.59. The molecule has 1 amide bonds. The highest BCUT2D eigenvalue weighted by molar-refractivity contribution is 5.77. The Bertz CT molecular complexity index is 621. The van der Waals surface area contributed by atoms with E-state index in [1.165, 1.54) is 5.56 Å². The fraction of sp³-hybridized carbons (Fsp3) is 0.316. The lowest BCUT2D eigenvalue weighted by Crippen LogP contribution is -2.40. The molecular formula is C19H23NO3. The van der Waals surface area contributed by atoms with Gasteiger partial charge in [0.25, 0.3) is 5.91 Å². The number of carbonyl (C=O) groups excluding carboxylic acids is 1. The molecule has 0 radical (unpaired) electrons. The third-order valence-corrected chi connectivity index (χ3v) is 3.73. The summed E-state index contributed by atoms with van der Waals surface area (Å²) in [6.45, 7) is 3.82. The van der Waals surface area contributed by atoms with Crippen LogP contribution in [0.4, 0.5) is 0 Å². The molecule has 122 valence electrons. The van der Waals surface area contributed by atoms with Crippen LogP contribution in [0.3, 0.4) is 0 Å². The van der Waals surface area contributed by atoms with Crippen LogP contribution in [0.5, 0.6) is 5.75 Å². The Kier molecular flexibility index (Phi) is 5.77. The summed E-state index contributed by atoms with van der Waals surface area (Å²) < 4.78 is 5.44. The van der Waals surface area contributed by atoms with Crippen LogP contribution in [0.15, 0.2) is 54.6 Å². The standard InChI is InChI=1S/C19H23NO3/c1-3-15-9-11-17(12-10-15)23-13-18(21)20-14-19(2,22)16-7-5-4-6-8-16/h4-12,22H,3,13-14H2,1-2H3,(H,20,21). The third-order valence-electron chi connectivity index (χ3n) is 3.73. The second-order valence-electron chi connectivity index (χ2n) is 5.70. The summed E-state index contributed by atoms with van der Waals surface area (Å²) in [5.41, 5.74) is 0.872. The van der Waals surface area contributed by atoms with Gasteiger partial charge in [-0.15, -0.1) is 0 Å². The molecule has 0 fully saturated rings. The van der Waals surface area contributed by atoms with Gasteiger partial charge < -0.3 is 15.2 Å². The van der Waals surface area contributed by atoms with Crippen molar-refractivity contribution in [2.75, 3.05) is 13.2 Å². The average molecular weight is 313 g/mol. The Morgan fingerprint density at radius 3 is 2.39 bits per heavy atom. The predicted octanol–water partition coefficient (Wildman–Crippen LogP) is 2.65. The van der Waals surface area contributed by atoms with E-state index >= 15 is 0 Å². The minimum absolute atomic E-state index is 0.0731. The molecule has 2 aromatic rings. The lowest BCUT2D eigenvalue weighted by molar-refractivity contribution is -0.124. The van der Waals surface area contributed by atoms with Crippen molar-refractivity contribution in [3.05, 3.63) is 65.7 Å². The van der Waals surface area contributed by atoms with Gasteiger partial charge in [0.2, 0.25) is 0 Å². The summed E-state index contributed by atoms with van der Waals surface area (Å²) in [5, 5.41) is 13.1. The number of carbonyl (C=O) groups is 1. The van der Waals surface area contributed by atoms with Crippen molar-refractivity contribution >= 4 is 5.91 Å². The van der Waals surface area contributed by atoms with Crippen molar-refractivity contribution in [1.29, 1.82) is 0 Å². The van der Waals surface area contributed by atoms with Gasteiger partial charge in [0.1, 0.15) is 11.4 Å². The topological polar surface area (TPSA) is 58.6 Å². The van der Waals surface area contributed by atoms with Crippen molar-refractivity contribution in [2.24, 2.45) is 0 Å². The number of ether oxygens (including phenoxy) is 1. The quantitative estimate of drug-likeness (QED) is 0.826. The van der Waals surface area contributed by atoms with Gasteiger partial charge in [0.05, 0.1) is 6.54 Å². The minimum atomic E-state index is -1.11. The van der Waals surface area contributed by atoms with Gasteiger partial charge >= 0.3 is 0 Å². The molecule has 0 aliphatic rings. The summed E-state index contributed by atoms with van der Waals surface area (Å²) in [7, 11) is 0. The first-order valence-corrected chi connectivity index (χ1v) is 7.77. The van der Waals surface area contributed by atoms with E-state index in [-0.39, 0.29) is 19.1 Å². The van der Waals surface area contributed by atoms with E-state index < -0.39 is 5.60 Å². The molecule has 0 aromatic heterocycles. The Labute approximate surface area is 137 Å². The molecule has 0 spiro atoms. The molecule has 2 rings (SSSR count). The van der Waals surface area contributed by atoms with E-state index in [4.69, 9.17) is 4.74 Å². The second kappa shape index (κ2) is 7.79. The first-order valence-electron chi connectivity index (χ1n) is 7.77. The molecule has 4 nitrogen and oxygen atoms in total. The van der Waals surface area contributed by atoms with Crippen LogP contribution in [0.2, 0.25) is 0 Å². The van der Waals surface area contributed by atoms with Gasteiger partial charge in [-0.05, 0) is 36.6 Å². The smallest absolute Gasteiger partial charge is 0.258 e. The van der Waals surface area contributed by atoms with E-state index in [9.17, 15) is 9.90 Å². The highest BCUT2D eigenvalue weighted by Gasteiger charge is 2.23. The lowest BCUT2D eigenvalue weighted by Gasteiger charge is -2.24. The van der Waals surface area contributed by atoms with Crippen molar-refractivity contribution in [1.82, 2.24) is 5.32 Å². The van der Waals surface area contributed by atoms with Crippen molar-refractivity contribution in [3.63, 3.8) is 0 Å². The van der Waals surface area contributed by atoms with Gasteiger partial charge in [0.15, 0.2) is 6.61 Å². The molecule has 2 aromatic carbocycles. The van der Waals surface area contributed by atoms with Crippen LogP contribution in [0.25, 0.3) is 0 Å². The molecule has 0 aliphatic heterocycles. The highest BCUT2D eigenvalue weighted by atomic mass is 16.5. The van der Waals surface area contributed by atoms with Gasteiger partial charge in [0, 0.05) is 0 Å². The maximum Gasteiger partial charge on any atom is 0.258 e. The lowest BCUT2D eigenvalue weighted by atomic mass is 9.96. The van der Waals surface area contributed by atoms with Crippen LogP contribution in [0.1, 0.15) is 25.0 Å². The Morgan fingerprint density at radius 2 is 1.78 bits per heavy atom. The minimum Gasteiger partial charge on any atom is -0.484 e. The number of aryl methyl sites for hydroxylation is 1. The zero-order valence-electron chi connectivity index (χ0n) is 13.6. The van der Waals surface area contributed by atoms with Crippen LogP contribution >= 0.6 is 0 Å².